The lowest BCUT2D eigenvalue weighted by Crippen LogP contribution is -2.39. The van der Waals surface area contributed by atoms with E-state index in [-0.39, 0.29) is 24.1 Å². The van der Waals surface area contributed by atoms with Crippen LogP contribution in [0.4, 0.5) is 0 Å². The van der Waals surface area contributed by atoms with Crippen molar-refractivity contribution in [1.29, 1.82) is 0 Å². The number of hydrogen-bond acceptors (Lipinski definition) is 6. The number of benzene rings is 1. The Kier molecular flexibility index (Phi) is 5.92. The summed E-state index contributed by atoms with van der Waals surface area (Å²) in [7, 11) is 1.65. The monoisotopic (exact) mass is 412 g/mol. The number of nitrogens with one attached hydrogen (secondary N) is 1. The molecule has 1 N–H and O–H groups in total. The third-order valence-corrected chi connectivity index (χ3v) is 6.16. The van der Waals surface area contributed by atoms with Gasteiger partial charge in [0.25, 0.3) is 5.56 Å². The molecule has 1 fully saturated rings. The molecule has 1 aromatic carbocycles. The van der Waals surface area contributed by atoms with E-state index >= 15 is 0 Å². The van der Waals surface area contributed by atoms with E-state index in [4.69, 9.17) is 4.74 Å². The van der Waals surface area contributed by atoms with Crippen molar-refractivity contribution in [2.75, 3.05) is 26.7 Å². The van der Waals surface area contributed by atoms with Gasteiger partial charge in [-0.2, -0.15) is 0 Å². The molecule has 152 valence electrons. The molecule has 4 rings (SSSR count). The zero-order chi connectivity index (χ0) is 20.2. The van der Waals surface area contributed by atoms with Crippen LogP contribution in [0.25, 0.3) is 10.2 Å². The molecule has 0 aliphatic carbocycles. The van der Waals surface area contributed by atoms with E-state index in [9.17, 15) is 9.59 Å². The molecule has 2 aromatic heterocycles. The number of thiophene rings is 1. The van der Waals surface area contributed by atoms with Crippen LogP contribution in [0.3, 0.4) is 0 Å². The van der Waals surface area contributed by atoms with Crippen LogP contribution in [0.1, 0.15) is 24.4 Å². The van der Waals surface area contributed by atoms with Crippen LogP contribution in [0.2, 0.25) is 0 Å². The number of aromatic nitrogens is 2. The van der Waals surface area contributed by atoms with Crippen molar-refractivity contribution in [1.82, 2.24) is 19.8 Å². The van der Waals surface area contributed by atoms with Crippen molar-refractivity contribution in [3.8, 4) is 5.75 Å². The fourth-order valence-corrected chi connectivity index (χ4v) is 4.49. The van der Waals surface area contributed by atoms with Crippen LogP contribution in [0.5, 0.6) is 5.75 Å². The SMILES string of the molecule is COc1ccc([C@H](CNC(=O)Cn2cnc3sccc3c2=O)N2CCCC2)cc1. The second kappa shape index (κ2) is 8.75. The Hall–Kier alpha value is -2.71. The smallest absolute Gasteiger partial charge is 0.262 e. The molecule has 3 aromatic rings. The van der Waals surface area contributed by atoms with Crippen LogP contribution < -0.4 is 15.6 Å². The van der Waals surface area contributed by atoms with Gasteiger partial charge in [0.15, 0.2) is 0 Å². The molecule has 7 nitrogen and oxygen atoms in total. The second-order valence-electron chi connectivity index (χ2n) is 7.15. The normalized spacial score (nSPS) is 15.5. The Balaban J connectivity index is 1.45. The molecule has 1 amide bonds. The summed E-state index contributed by atoms with van der Waals surface area (Å²) in [5, 5.41) is 5.39. The number of likely N-dealkylation sites (tertiary alicyclic amines) is 1. The van der Waals surface area contributed by atoms with Gasteiger partial charge in [-0.15, -0.1) is 11.3 Å². The summed E-state index contributed by atoms with van der Waals surface area (Å²) in [5.74, 6) is 0.620. The van der Waals surface area contributed by atoms with Crippen molar-refractivity contribution in [2.45, 2.75) is 25.4 Å². The third kappa shape index (κ3) is 4.33. The summed E-state index contributed by atoms with van der Waals surface area (Å²) in [6.07, 6.45) is 3.78. The first-order valence-electron chi connectivity index (χ1n) is 9.73. The zero-order valence-electron chi connectivity index (χ0n) is 16.3. The number of hydrogen-bond donors (Lipinski definition) is 1. The molecule has 1 aliphatic rings. The van der Waals surface area contributed by atoms with E-state index in [0.29, 0.717) is 16.8 Å². The van der Waals surface area contributed by atoms with E-state index in [0.717, 1.165) is 24.4 Å². The van der Waals surface area contributed by atoms with Gasteiger partial charge in [-0.3, -0.25) is 19.1 Å². The molecule has 1 aliphatic heterocycles. The molecule has 1 atom stereocenters. The highest BCUT2D eigenvalue weighted by Crippen LogP contribution is 2.26. The van der Waals surface area contributed by atoms with Crippen LogP contribution in [0.15, 0.2) is 46.8 Å². The van der Waals surface area contributed by atoms with Crippen molar-refractivity contribution in [3.05, 3.63) is 58.0 Å². The van der Waals surface area contributed by atoms with Crippen molar-refractivity contribution < 1.29 is 9.53 Å². The molecule has 0 bridgehead atoms. The largest absolute Gasteiger partial charge is 0.497 e. The number of nitrogens with zero attached hydrogens (tertiary/aromatic N) is 3. The van der Waals surface area contributed by atoms with Crippen LogP contribution in [0, 0.1) is 0 Å². The number of carbonyl (C=O) groups is 1. The number of fused-ring (bicyclic) bond motifs is 1. The van der Waals surface area contributed by atoms with Crippen LogP contribution in [-0.4, -0.2) is 47.1 Å². The zero-order valence-corrected chi connectivity index (χ0v) is 17.2. The topological polar surface area (TPSA) is 76.5 Å². The molecular weight excluding hydrogens is 388 g/mol. The fraction of sp³-hybridized carbons (Fsp3) is 0.381. The Morgan fingerprint density at radius 1 is 1.24 bits per heavy atom. The molecule has 3 heterocycles. The second-order valence-corrected chi connectivity index (χ2v) is 8.05. The standard InChI is InChI=1S/C21H24N4O3S/c1-28-16-6-4-15(5-7-16)18(24-9-2-3-10-24)12-22-19(26)13-25-14-23-20-17(21(25)27)8-11-29-20/h4-8,11,14,18H,2-3,9-10,12-13H2,1H3,(H,22,26)/t18-/m0/s1. The number of methoxy groups -OCH3 is 1. The van der Waals surface area contributed by atoms with Crippen molar-refractivity contribution in [2.24, 2.45) is 0 Å². The van der Waals surface area contributed by atoms with Gasteiger partial charge in [-0.25, -0.2) is 4.98 Å². The number of ether oxygens (including phenoxy) is 1. The quantitative estimate of drug-likeness (QED) is 0.645. The lowest BCUT2D eigenvalue weighted by Gasteiger charge is -2.28. The van der Waals surface area contributed by atoms with Gasteiger partial charge >= 0.3 is 0 Å². The molecule has 0 unspecified atom stereocenters. The Morgan fingerprint density at radius 2 is 2.00 bits per heavy atom. The minimum absolute atomic E-state index is 0.0348. The minimum Gasteiger partial charge on any atom is -0.497 e. The number of rotatable bonds is 7. The first-order chi connectivity index (χ1) is 14.2. The summed E-state index contributed by atoms with van der Waals surface area (Å²) in [6.45, 7) is 2.50. The van der Waals surface area contributed by atoms with Gasteiger partial charge in [-0.05, 0) is 55.1 Å². The average Bonchev–Trinajstić information content (AvgIpc) is 3.43. The summed E-state index contributed by atoms with van der Waals surface area (Å²) < 4.78 is 6.62. The Labute approximate surface area is 172 Å². The first-order valence-corrected chi connectivity index (χ1v) is 10.6. The fourth-order valence-electron chi connectivity index (χ4n) is 3.76. The predicted octanol–water partition coefficient (Wildman–Crippen LogP) is 2.42. The van der Waals surface area contributed by atoms with E-state index in [1.54, 1.807) is 13.2 Å². The van der Waals surface area contributed by atoms with Crippen LogP contribution >= 0.6 is 11.3 Å². The maximum atomic E-state index is 12.6. The maximum absolute atomic E-state index is 12.6. The highest BCUT2D eigenvalue weighted by atomic mass is 32.1. The van der Waals surface area contributed by atoms with Gasteiger partial charge in [0, 0.05) is 6.54 Å². The molecule has 29 heavy (non-hydrogen) atoms. The van der Waals surface area contributed by atoms with E-state index in [1.165, 1.54) is 35.1 Å². The van der Waals surface area contributed by atoms with Gasteiger partial charge in [0.1, 0.15) is 17.1 Å². The molecule has 0 radical (unpaired) electrons. The van der Waals surface area contributed by atoms with Gasteiger partial charge < -0.3 is 10.1 Å². The highest BCUT2D eigenvalue weighted by Gasteiger charge is 2.24. The number of carbonyl (C=O) groups excluding carboxylic acids is 1. The minimum atomic E-state index is -0.193. The van der Waals surface area contributed by atoms with Gasteiger partial charge in [0.2, 0.25) is 5.91 Å². The van der Waals surface area contributed by atoms with Crippen LogP contribution in [-0.2, 0) is 11.3 Å². The molecule has 1 saturated heterocycles. The molecular formula is C21H24N4O3S. The van der Waals surface area contributed by atoms with E-state index in [2.05, 4.69) is 15.2 Å². The molecule has 8 heteroatoms. The van der Waals surface area contributed by atoms with Gasteiger partial charge in [0.05, 0.1) is 24.9 Å². The number of amides is 1. The highest BCUT2D eigenvalue weighted by molar-refractivity contribution is 7.16. The average molecular weight is 413 g/mol. The van der Waals surface area contributed by atoms with E-state index in [1.807, 2.05) is 29.6 Å². The van der Waals surface area contributed by atoms with Gasteiger partial charge in [-0.1, -0.05) is 12.1 Å². The third-order valence-electron chi connectivity index (χ3n) is 5.34. The summed E-state index contributed by atoms with van der Waals surface area (Å²) in [6, 6.07) is 9.83. The first kappa shape index (κ1) is 19.6. The lowest BCUT2D eigenvalue weighted by molar-refractivity contribution is -0.122. The summed E-state index contributed by atoms with van der Waals surface area (Å²) in [5.41, 5.74) is 0.962. The molecule has 0 spiro atoms. The maximum Gasteiger partial charge on any atom is 0.262 e. The summed E-state index contributed by atoms with van der Waals surface area (Å²) >= 11 is 1.42. The van der Waals surface area contributed by atoms with Crippen molar-refractivity contribution in [3.63, 3.8) is 0 Å². The van der Waals surface area contributed by atoms with Crippen molar-refractivity contribution >= 4 is 27.5 Å². The van der Waals surface area contributed by atoms with E-state index < -0.39 is 0 Å². The Morgan fingerprint density at radius 3 is 2.72 bits per heavy atom. The lowest BCUT2D eigenvalue weighted by atomic mass is 10.1. The molecule has 0 saturated carbocycles. The summed E-state index contributed by atoms with van der Waals surface area (Å²) in [4.78, 5) is 32.4. The Bertz CT molecular complexity index is 1040. The predicted molar refractivity (Wildman–Crippen MR) is 113 cm³/mol.